The summed E-state index contributed by atoms with van der Waals surface area (Å²) in [6.45, 7) is 1.00. The predicted octanol–water partition coefficient (Wildman–Crippen LogP) is 1.43. The number of rotatable bonds is 6. The summed E-state index contributed by atoms with van der Waals surface area (Å²) >= 11 is 3.43. The Morgan fingerprint density at radius 1 is 1.50 bits per heavy atom. The Kier molecular flexibility index (Phi) is 4.86. The maximum Gasteiger partial charge on any atom is 0.189 e. The van der Waals surface area contributed by atoms with Crippen LogP contribution in [0.5, 0.6) is 5.75 Å². The number of carbonyl (C=O) groups excluding carboxylic acids is 1. The molecule has 20 heavy (non-hydrogen) atoms. The molecule has 106 valence electrons. The van der Waals surface area contributed by atoms with Gasteiger partial charge >= 0.3 is 0 Å². The highest BCUT2D eigenvalue weighted by atomic mass is 79.9. The van der Waals surface area contributed by atoms with Gasteiger partial charge in [0.2, 0.25) is 0 Å². The summed E-state index contributed by atoms with van der Waals surface area (Å²) in [5.74, 6) is 0.616. The van der Waals surface area contributed by atoms with Crippen LogP contribution in [0, 0.1) is 0 Å². The molecule has 0 aliphatic rings. The number of nitrogens with two attached hydrogens (primary N) is 1. The molecule has 1 heterocycles. The van der Waals surface area contributed by atoms with Crippen LogP contribution in [0.15, 0.2) is 28.9 Å². The summed E-state index contributed by atoms with van der Waals surface area (Å²) in [6, 6.07) is 5.51. The first-order valence-corrected chi connectivity index (χ1v) is 6.89. The van der Waals surface area contributed by atoms with Gasteiger partial charge in [0, 0.05) is 17.4 Å². The van der Waals surface area contributed by atoms with Gasteiger partial charge in [0.05, 0.1) is 19.9 Å². The van der Waals surface area contributed by atoms with E-state index >= 15 is 0 Å². The molecule has 2 rings (SSSR count). The standard InChI is InChI=1S/C13H15BrN4O2/c1-20-10-2-3-11(14)9(6-10)7-13(19)12-8-18(5-4-15)17-16-12/h2-3,6,8H,4-5,7,15H2,1H3. The van der Waals surface area contributed by atoms with Crippen LogP contribution >= 0.6 is 15.9 Å². The van der Waals surface area contributed by atoms with E-state index in [2.05, 4.69) is 26.2 Å². The fraction of sp³-hybridized carbons (Fsp3) is 0.308. The number of hydrogen-bond donors (Lipinski definition) is 1. The van der Waals surface area contributed by atoms with Crippen LogP contribution in [0.25, 0.3) is 0 Å². The van der Waals surface area contributed by atoms with E-state index in [1.165, 1.54) is 0 Å². The van der Waals surface area contributed by atoms with E-state index in [1.807, 2.05) is 18.2 Å². The molecule has 7 heteroatoms. The molecule has 0 spiro atoms. The second-order valence-electron chi connectivity index (χ2n) is 4.21. The molecule has 0 aliphatic carbocycles. The van der Waals surface area contributed by atoms with E-state index in [1.54, 1.807) is 18.0 Å². The number of methoxy groups -OCH3 is 1. The van der Waals surface area contributed by atoms with Crippen LogP contribution in [-0.2, 0) is 13.0 Å². The van der Waals surface area contributed by atoms with Crippen molar-refractivity contribution in [1.29, 1.82) is 0 Å². The zero-order chi connectivity index (χ0) is 14.5. The number of aromatic nitrogens is 3. The number of halogens is 1. The molecule has 0 bridgehead atoms. The largest absolute Gasteiger partial charge is 0.497 e. The molecule has 0 radical (unpaired) electrons. The summed E-state index contributed by atoms with van der Waals surface area (Å²) in [6.07, 6.45) is 1.85. The molecule has 2 aromatic rings. The number of carbonyl (C=O) groups is 1. The number of nitrogens with zero attached hydrogens (tertiary/aromatic N) is 3. The molecule has 0 fully saturated rings. The van der Waals surface area contributed by atoms with E-state index in [-0.39, 0.29) is 12.2 Å². The normalized spacial score (nSPS) is 10.6. The number of hydrogen-bond acceptors (Lipinski definition) is 5. The Hall–Kier alpha value is -1.73. The fourth-order valence-corrected chi connectivity index (χ4v) is 2.13. The van der Waals surface area contributed by atoms with Crippen LogP contribution in [0.3, 0.4) is 0 Å². The van der Waals surface area contributed by atoms with Gasteiger partial charge in [-0.15, -0.1) is 5.10 Å². The SMILES string of the molecule is COc1ccc(Br)c(CC(=O)c2cn(CCN)nn2)c1. The van der Waals surface area contributed by atoms with Crippen molar-refractivity contribution in [3.8, 4) is 5.75 Å². The first-order valence-electron chi connectivity index (χ1n) is 6.10. The second kappa shape index (κ2) is 6.62. The summed E-state index contributed by atoms with van der Waals surface area (Å²) in [5, 5.41) is 7.72. The van der Waals surface area contributed by atoms with Gasteiger partial charge in [-0.05, 0) is 23.8 Å². The van der Waals surface area contributed by atoms with E-state index in [0.29, 0.717) is 24.5 Å². The van der Waals surface area contributed by atoms with Gasteiger partial charge in [-0.3, -0.25) is 9.48 Å². The van der Waals surface area contributed by atoms with Crippen LogP contribution in [0.2, 0.25) is 0 Å². The van der Waals surface area contributed by atoms with Gasteiger partial charge in [-0.25, -0.2) is 0 Å². The smallest absolute Gasteiger partial charge is 0.189 e. The summed E-state index contributed by atoms with van der Waals surface area (Å²) < 4.78 is 7.58. The van der Waals surface area contributed by atoms with Crippen LogP contribution in [-0.4, -0.2) is 34.4 Å². The first-order chi connectivity index (χ1) is 9.63. The van der Waals surface area contributed by atoms with Crippen molar-refractivity contribution in [1.82, 2.24) is 15.0 Å². The fourth-order valence-electron chi connectivity index (χ4n) is 1.74. The summed E-state index contributed by atoms with van der Waals surface area (Å²) in [7, 11) is 1.59. The minimum Gasteiger partial charge on any atom is -0.497 e. The van der Waals surface area contributed by atoms with Crippen LogP contribution < -0.4 is 10.5 Å². The summed E-state index contributed by atoms with van der Waals surface area (Å²) in [5.41, 5.74) is 6.62. The molecule has 0 saturated carbocycles. The lowest BCUT2D eigenvalue weighted by atomic mass is 10.1. The van der Waals surface area contributed by atoms with Gasteiger partial charge in [0.15, 0.2) is 5.78 Å². The quantitative estimate of drug-likeness (QED) is 0.805. The average Bonchev–Trinajstić information content (AvgIpc) is 2.90. The third-order valence-electron chi connectivity index (χ3n) is 2.79. The minimum atomic E-state index is -0.0952. The van der Waals surface area contributed by atoms with Gasteiger partial charge in [0.25, 0.3) is 0 Å². The molecule has 0 saturated heterocycles. The average molecular weight is 339 g/mol. The molecule has 0 atom stereocenters. The number of benzene rings is 1. The van der Waals surface area contributed by atoms with Gasteiger partial charge in [-0.2, -0.15) is 0 Å². The predicted molar refractivity (Wildman–Crippen MR) is 77.8 cm³/mol. The molecule has 2 N–H and O–H groups in total. The number of ether oxygens (including phenoxy) is 1. The Labute approximate surface area is 125 Å². The Morgan fingerprint density at radius 3 is 3.00 bits per heavy atom. The van der Waals surface area contributed by atoms with Gasteiger partial charge < -0.3 is 10.5 Å². The maximum absolute atomic E-state index is 12.2. The highest BCUT2D eigenvalue weighted by Gasteiger charge is 2.14. The Balaban J connectivity index is 2.14. The van der Waals surface area contributed by atoms with Gasteiger partial charge in [0.1, 0.15) is 11.4 Å². The van der Waals surface area contributed by atoms with Crippen molar-refractivity contribution in [2.45, 2.75) is 13.0 Å². The number of ketones is 1. The topological polar surface area (TPSA) is 83.0 Å². The number of Topliss-reactive ketones (excluding diaryl/α,β-unsaturated/α-hetero) is 1. The monoisotopic (exact) mass is 338 g/mol. The second-order valence-corrected chi connectivity index (χ2v) is 5.07. The molecule has 0 unspecified atom stereocenters. The van der Waals surface area contributed by atoms with Crippen molar-refractivity contribution in [3.05, 3.63) is 40.1 Å². The van der Waals surface area contributed by atoms with Crippen molar-refractivity contribution in [3.63, 3.8) is 0 Å². The summed E-state index contributed by atoms with van der Waals surface area (Å²) in [4.78, 5) is 12.2. The Bertz CT molecular complexity index is 612. The van der Waals surface area contributed by atoms with Crippen LogP contribution in [0.1, 0.15) is 16.1 Å². The van der Waals surface area contributed by atoms with E-state index in [4.69, 9.17) is 10.5 Å². The zero-order valence-electron chi connectivity index (χ0n) is 11.0. The lowest BCUT2D eigenvalue weighted by Crippen LogP contribution is -2.10. The molecular formula is C13H15BrN4O2. The highest BCUT2D eigenvalue weighted by Crippen LogP contribution is 2.23. The molecule has 1 aromatic carbocycles. The van der Waals surface area contributed by atoms with Crippen molar-refractivity contribution < 1.29 is 9.53 Å². The van der Waals surface area contributed by atoms with Crippen molar-refractivity contribution >= 4 is 21.7 Å². The van der Waals surface area contributed by atoms with Crippen LogP contribution in [0.4, 0.5) is 0 Å². The molecule has 6 nitrogen and oxygen atoms in total. The zero-order valence-corrected chi connectivity index (χ0v) is 12.6. The minimum absolute atomic E-state index is 0.0952. The van der Waals surface area contributed by atoms with E-state index < -0.39 is 0 Å². The molecule has 1 aromatic heterocycles. The van der Waals surface area contributed by atoms with Crippen molar-refractivity contribution in [2.24, 2.45) is 5.73 Å². The maximum atomic E-state index is 12.2. The highest BCUT2D eigenvalue weighted by molar-refractivity contribution is 9.10. The van der Waals surface area contributed by atoms with Gasteiger partial charge in [-0.1, -0.05) is 21.1 Å². The molecule has 0 amide bonds. The Morgan fingerprint density at radius 2 is 2.30 bits per heavy atom. The van der Waals surface area contributed by atoms with E-state index in [9.17, 15) is 4.79 Å². The third kappa shape index (κ3) is 3.43. The third-order valence-corrected chi connectivity index (χ3v) is 3.56. The first kappa shape index (κ1) is 14.7. The molecular weight excluding hydrogens is 324 g/mol. The lowest BCUT2D eigenvalue weighted by Gasteiger charge is -2.05. The molecule has 0 aliphatic heterocycles. The van der Waals surface area contributed by atoms with E-state index in [0.717, 1.165) is 10.0 Å². The lowest BCUT2D eigenvalue weighted by molar-refractivity contribution is 0.0988. The van der Waals surface area contributed by atoms with Crippen molar-refractivity contribution in [2.75, 3.05) is 13.7 Å².